The van der Waals surface area contributed by atoms with Crippen LogP contribution >= 0.6 is 0 Å². The number of aromatic amines is 1. The highest BCUT2D eigenvalue weighted by molar-refractivity contribution is 5.78. The van der Waals surface area contributed by atoms with Crippen molar-refractivity contribution in [3.05, 3.63) is 58.6 Å². The fourth-order valence-corrected chi connectivity index (χ4v) is 1.52. The third-order valence-electron chi connectivity index (χ3n) is 2.37. The first-order valence-corrected chi connectivity index (χ1v) is 5.26. The lowest BCUT2D eigenvalue weighted by Crippen LogP contribution is -2.25. The molecule has 3 N–H and O–H groups in total. The molecule has 0 aliphatic heterocycles. The van der Waals surface area contributed by atoms with Crippen LogP contribution < -0.4 is 10.9 Å². The van der Waals surface area contributed by atoms with Crippen molar-refractivity contribution >= 4 is 11.8 Å². The molecule has 0 spiro atoms. The number of nitrogens with zero attached hydrogens (tertiary/aromatic N) is 1. The zero-order valence-corrected chi connectivity index (χ0v) is 9.33. The van der Waals surface area contributed by atoms with Crippen LogP contribution in [-0.4, -0.2) is 21.0 Å². The highest BCUT2D eigenvalue weighted by Crippen LogP contribution is 2.16. The fourth-order valence-electron chi connectivity index (χ4n) is 1.52. The van der Waals surface area contributed by atoms with Gasteiger partial charge in [0.15, 0.2) is 11.9 Å². The normalized spacial score (nSPS) is 11.8. The van der Waals surface area contributed by atoms with E-state index < -0.39 is 17.6 Å². The van der Waals surface area contributed by atoms with Crippen molar-refractivity contribution in [3.63, 3.8) is 0 Å². The zero-order chi connectivity index (χ0) is 13.0. The van der Waals surface area contributed by atoms with Crippen LogP contribution in [-0.2, 0) is 4.79 Å². The van der Waals surface area contributed by atoms with E-state index >= 15 is 0 Å². The average Bonchev–Trinajstić information content (AvgIpc) is 2.38. The molecule has 0 saturated carbocycles. The number of hydrogen-bond acceptors (Lipinski definition) is 4. The van der Waals surface area contributed by atoms with Crippen LogP contribution in [0.2, 0.25) is 0 Å². The Balaban J connectivity index is 2.31. The van der Waals surface area contributed by atoms with Gasteiger partial charge in [0, 0.05) is 12.4 Å². The summed E-state index contributed by atoms with van der Waals surface area (Å²) in [6.45, 7) is 0. The first kappa shape index (κ1) is 11.8. The van der Waals surface area contributed by atoms with Crippen LogP contribution in [0.1, 0.15) is 11.6 Å². The average molecular weight is 245 g/mol. The quantitative estimate of drug-likeness (QED) is 0.747. The van der Waals surface area contributed by atoms with Crippen molar-refractivity contribution in [2.24, 2.45) is 0 Å². The van der Waals surface area contributed by atoms with Crippen LogP contribution in [0.15, 0.2) is 47.5 Å². The number of H-pyrrole nitrogens is 1. The summed E-state index contributed by atoms with van der Waals surface area (Å²) in [5.74, 6) is -1.10. The number of hydrogen-bond donors (Lipinski definition) is 3. The van der Waals surface area contributed by atoms with Crippen LogP contribution in [0.4, 0.5) is 5.82 Å². The van der Waals surface area contributed by atoms with E-state index in [1.54, 1.807) is 30.3 Å². The molecule has 18 heavy (non-hydrogen) atoms. The van der Waals surface area contributed by atoms with Gasteiger partial charge in [-0.1, -0.05) is 30.3 Å². The summed E-state index contributed by atoms with van der Waals surface area (Å²) in [6, 6.07) is 7.58. The molecule has 1 atom stereocenters. The molecule has 0 amide bonds. The smallest absolute Gasteiger partial charge is 0.330 e. The molecule has 0 radical (unpaired) electrons. The second-order valence-electron chi connectivity index (χ2n) is 3.59. The summed E-state index contributed by atoms with van der Waals surface area (Å²) in [5.41, 5.74) is 0.0923. The number of benzene rings is 1. The lowest BCUT2D eigenvalue weighted by Gasteiger charge is -2.14. The molecular weight excluding hydrogens is 234 g/mol. The predicted molar refractivity (Wildman–Crippen MR) is 65.3 cm³/mol. The number of aromatic nitrogens is 2. The van der Waals surface area contributed by atoms with E-state index in [1.807, 2.05) is 0 Å². The standard InChI is InChI=1S/C12H11N3O3/c16-11-10(13-6-7-14-11)15-9(12(17)18)8-4-2-1-3-5-8/h1-7,9H,(H,13,15)(H,14,16)(H,17,18). The van der Waals surface area contributed by atoms with Crippen LogP contribution in [0.25, 0.3) is 0 Å². The molecule has 6 nitrogen and oxygen atoms in total. The largest absolute Gasteiger partial charge is 0.479 e. The molecule has 0 aliphatic carbocycles. The van der Waals surface area contributed by atoms with Crippen molar-refractivity contribution < 1.29 is 9.90 Å². The third kappa shape index (κ3) is 2.54. The molecule has 0 saturated heterocycles. The molecule has 6 heteroatoms. The first-order valence-electron chi connectivity index (χ1n) is 5.26. The molecule has 92 valence electrons. The van der Waals surface area contributed by atoms with E-state index in [1.165, 1.54) is 12.4 Å². The summed E-state index contributed by atoms with van der Waals surface area (Å²) < 4.78 is 0. The van der Waals surface area contributed by atoms with E-state index in [0.717, 1.165) is 0 Å². The Kier molecular flexibility index (Phi) is 3.38. The van der Waals surface area contributed by atoms with Gasteiger partial charge >= 0.3 is 5.97 Å². The van der Waals surface area contributed by atoms with Gasteiger partial charge < -0.3 is 15.4 Å². The second kappa shape index (κ2) is 5.13. The minimum absolute atomic E-state index is 0.0197. The maximum Gasteiger partial charge on any atom is 0.330 e. The van der Waals surface area contributed by atoms with Crippen molar-refractivity contribution in [3.8, 4) is 0 Å². The number of anilines is 1. The highest BCUT2D eigenvalue weighted by Gasteiger charge is 2.20. The number of carboxylic acid groups (broad SMARTS) is 1. The highest BCUT2D eigenvalue weighted by atomic mass is 16.4. The second-order valence-corrected chi connectivity index (χ2v) is 3.59. The molecular formula is C12H11N3O3. The molecule has 0 bridgehead atoms. The Labute approximate surface area is 102 Å². The lowest BCUT2D eigenvalue weighted by atomic mass is 10.1. The van der Waals surface area contributed by atoms with Gasteiger partial charge in [-0.2, -0.15) is 0 Å². The summed E-state index contributed by atoms with van der Waals surface area (Å²) in [5, 5.41) is 11.8. The minimum Gasteiger partial charge on any atom is -0.479 e. The Morgan fingerprint density at radius 3 is 2.67 bits per heavy atom. The fraction of sp³-hybridized carbons (Fsp3) is 0.0833. The van der Waals surface area contributed by atoms with Gasteiger partial charge in [0.25, 0.3) is 5.56 Å². The van der Waals surface area contributed by atoms with E-state index in [0.29, 0.717) is 5.56 Å². The minimum atomic E-state index is -1.08. The van der Waals surface area contributed by atoms with Gasteiger partial charge in [0.1, 0.15) is 0 Å². The number of aliphatic carboxylic acids is 1. The van der Waals surface area contributed by atoms with E-state index in [9.17, 15) is 14.7 Å². The molecule has 1 unspecified atom stereocenters. The van der Waals surface area contributed by atoms with Gasteiger partial charge in [-0.25, -0.2) is 9.78 Å². The topological polar surface area (TPSA) is 95.1 Å². The van der Waals surface area contributed by atoms with Crippen LogP contribution in [0, 0.1) is 0 Å². The number of carboxylic acids is 1. The van der Waals surface area contributed by atoms with Gasteiger partial charge in [0.05, 0.1) is 0 Å². The van der Waals surface area contributed by atoms with Crippen LogP contribution in [0.5, 0.6) is 0 Å². The predicted octanol–water partition coefficient (Wildman–Crippen LogP) is 1.01. The molecule has 0 fully saturated rings. The molecule has 1 heterocycles. The van der Waals surface area contributed by atoms with Gasteiger partial charge in [-0.15, -0.1) is 0 Å². The molecule has 2 rings (SSSR count). The third-order valence-corrected chi connectivity index (χ3v) is 2.37. The molecule has 1 aromatic heterocycles. The lowest BCUT2D eigenvalue weighted by molar-refractivity contribution is -0.138. The van der Waals surface area contributed by atoms with Gasteiger partial charge in [0.2, 0.25) is 0 Å². The Hall–Kier alpha value is -2.63. The van der Waals surface area contributed by atoms with E-state index in [4.69, 9.17) is 0 Å². The maximum absolute atomic E-state index is 11.4. The van der Waals surface area contributed by atoms with E-state index in [2.05, 4.69) is 15.3 Å². The molecule has 0 aliphatic rings. The Morgan fingerprint density at radius 1 is 1.33 bits per heavy atom. The summed E-state index contributed by atoms with van der Waals surface area (Å²) in [7, 11) is 0. The van der Waals surface area contributed by atoms with Crippen LogP contribution in [0.3, 0.4) is 0 Å². The maximum atomic E-state index is 11.4. The van der Waals surface area contributed by atoms with Gasteiger partial charge in [-0.05, 0) is 5.56 Å². The molecule has 1 aromatic carbocycles. The number of rotatable bonds is 4. The summed E-state index contributed by atoms with van der Waals surface area (Å²) >= 11 is 0. The van der Waals surface area contributed by atoms with Crippen molar-refractivity contribution in [2.45, 2.75) is 6.04 Å². The zero-order valence-electron chi connectivity index (χ0n) is 9.33. The van der Waals surface area contributed by atoms with Crippen molar-refractivity contribution in [1.82, 2.24) is 9.97 Å². The first-order chi connectivity index (χ1) is 8.68. The summed E-state index contributed by atoms with van der Waals surface area (Å²) in [6.07, 6.45) is 2.76. The Bertz CT molecular complexity index is 595. The Morgan fingerprint density at radius 2 is 2.06 bits per heavy atom. The number of nitrogens with one attached hydrogen (secondary N) is 2. The van der Waals surface area contributed by atoms with E-state index in [-0.39, 0.29) is 5.82 Å². The van der Waals surface area contributed by atoms with Crippen molar-refractivity contribution in [2.75, 3.05) is 5.32 Å². The number of carbonyl (C=O) groups is 1. The van der Waals surface area contributed by atoms with Crippen molar-refractivity contribution in [1.29, 1.82) is 0 Å². The molecule has 2 aromatic rings. The summed E-state index contributed by atoms with van der Waals surface area (Å²) in [4.78, 5) is 28.9. The van der Waals surface area contributed by atoms with Gasteiger partial charge in [-0.3, -0.25) is 4.79 Å². The SMILES string of the molecule is O=C(O)C(Nc1ncc[nH]c1=O)c1ccccc1. The monoisotopic (exact) mass is 245 g/mol.